The Labute approximate surface area is 338 Å². The fraction of sp³-hybridized carbons (Fsp3) is 0.643. The summed E-state index contributed by atoms with van der Waals surface area (Å²) in [6, 6.07) is 0. The van der Waals surface area contributed by atoms with E-state index in [1.807, 2.05) is 0 Å². The third kappa shape index (κ3) is 16.2. The second kappa shape index (κ2) is 21.5. The summed E-state index contributed by atoms with van der Waals surface area (Å²) < 4.78 is 62.0. The molecule has 3 heterocycles. The van der Waals surface area contributed by atoms with Crippen LogP contribution in [0.25, 0.3) is 11.2 Å². The number of carbonyl (C=O) groups excluding carboxylic acids is 5. The van der Waals surface area contributed by atoms with E-state index < -0.39 is 90.5 Å². The molecule has 3 rings (SSSR count). The third-order valence-corrected chi connectivity index (χ3v) is 11.8. The van der Waals surface area contributed by atoms with Crippen LogP contribution in [-0.4, -0.2) is 141 Å². The predicted octanol–water partition coefficient (Wildman–Crippen LogP) is -1.85. The Hall–Kier alpha value is -3.30. The lowest BCUT2D eigenvalue weighted by molar-refractivity contribution is -0.137. The standard InChI is InChI=1S/C28H45N8O19P3S/c1-15(37)10-19(40)59-9-8-31-18(39)4-6-30-17(38)5-7-32-26(43)23(42)28(2,3)12-52-58(49,50)55-57(47,48)51-11-16-22(54-56(44,45)46)21(41)27(53-16)36-14-35-20-24(29)33-13-34-25(20)36/h13-14,16,21-23,27,41-42H,4-12H2,1-3H3,(H,30,38)(H,31,39)(H,32,43)(H,47,48)(H,49,50)(H2,29,33,34)(H2,44,45,46)/t16-,21-,22-,23?,27?/m1/s1. The molecule has 1 fully saturated rings. The number of amides is 3. The fourth-order valence-electron chi connectivity index (χ4n) is 4.95. The Balaban J connectivity index is 1.44. The Morgan fingerprint density at radius 2 is 1.58 bits per heavy atom. The van der Waals surface area contributed by atoms with Gasteiger partial charge >= 0.3 is 23.5 Å². The van der Waals surface area contributed by atoms with E-state index in [1.165, 1.54) is 20.8 Å². The molecule has 2 aromatic heterocycles. The molecule has 27 nitrogen and oxygen atoms in total. The number of thioether (sulfide) groups is 1. The van der Waals surface area contributed by atoms with Gasteiger partial charge in [-0.25, -0.2) is 28.6 Å². The number of aliphatic hydroxyl groups is 2. The molecule has 0 spiro atoms. The van der Waals surface area contributed by atoms with Crippen molar-refractivity contribution in [1.29, 1.82) is 0 Å². The number of phosphoric acid groups is 3. The molecule has 1 aliphatic heterocycles. The number of hydrogen-bond acceptors (Lipinski definition) is 20. The third-order valence-electron chi connectivity index (χ3n) is 7.83. The van der Waals surface area contributed by atoms with Crippen molar-refractivity contribution in [3.8, 4) is 0 Å². The minimum absolute atomic E-state index is 0.0179. The number of anilines is 1. The molecule has 1 saturated heterocycles. The van der Waals surface area contributed by atoms with Crippen LogP contribution in [0.1, 0.15) is 46.3 Å². The Morgan fingerprint density at radius 1 is 0.966 bits per heavy atom. The Morgan fingerprint density at radius 3 is 2.20 bits per heavy atom. The van der Waals surface area contributed by atoms with Gasteiger partial charge < -0.3 is 56.2 Å². The first kappa shape index (κ1) is 50.1. The largest absolute Gasteiger partial charge is 0.481 e. The van der Waals surface area contributed by atoms with Gasteiger partial charge in [-0.1, -0.05) is 25.6 Å². The first-order valence-corrected chi connectivity index (χ1v) is 22.6. The van der Waals surface area contributed by atoms with Crippen LogP contribution in [0.2, 0.25) is 0 Å². The molecule has 2 aromatic rings. The monoisotopic (exact) mass is 922 g/mol. The van der Waals surface area contributed by atoms with Gasteiger partial charge in [0.05, 0.1) is 26.0 Å². The van der Waals surface area contributed by atoms with E-state index in [0.717, 1.165) is 29.0 Å². The van der Waals surface area contributed by atoms with Crippen molar-refractivity contribution in [3.63, 3.8) is 0 Å². The van der Waals surface area contributed by atoms with Crippen molar-refractivity contribution >= 4 is 80.8 Å². The van der Waals surface area contributed by atoms with E-state index in [0.29, 0.717) is 0 Å². The summed E-state index contributed by atoms with van der Waals surface area (Å²) in [5.74, 6) is -2.04. The quantitative estimate of drug-likeness (QED) is 0.0314. The highest BCUT2D eigenvalue weighted by atomic mass is 32.2. The highest BCUT2D eigenvalue weighted by Crippen LogP contribution is 2.61. The first-order valence-electron chi connectivity index (χ1n) is 17.1. The van der Waals surface area contributed by atoms with Gasteiger partial charge in [-0.05, 0) is 6.92 Å². The van der Waals surface area contributed by atoms with Gasteiger partial charge in [0, 0.05) is 43.6 Å². The molecular weight excluding hydrogens is 877 g/mol. The number of aromatic nitrogens is 4. The molecule has 59 heavy (non-hydrogen) atoms. The van der Waals surface area contributed by atoms with Crippen LogP contribution >= 0.6 is 35.2 Å². The molecular formula is C28H45N8O19P3S. The second-order valence-corrected chi connectivity index (χ2v) is 18.7. The number of ether oxygens (including phenoxy) is 1. The molecule has 31 heteroatoms. The zero-order valence-corrected chi connectivity index (χ0v) is 35.0. The molecule has 0 bridgehead atoms. The Bertz CT molecular complexity index is 1980. The van der Waals surface area contributed by atoms with Gasteiger partial charge in [-0.15, -0.1) is 0 Å². The molecule has 7 atom stereocenters. The zero-order chi connectivity index (χ0) is 44.3. The number of imidazole rings is 1. The predicted molar refractivity (Wildman–Crippen MR) is 200 cm³/mol. The fourth-order valence-corrected chi connectivity index (χ4v) is 8.52. The number of phosphoric ester groups is 3. The molecule has 332 valence electrons. The highest BCUT2D eigenvalue weighted by molar-refractivity contribution is 8.13. The normalized spacial score (nSPS) is 21.0. The van der Waals surface area contributed by atoms with Crippen LogP contribution in [0.4, 0.5) is 5.82 Å². The van der Waals surface area contributed by atoms with Crippen LogP contribution in [0.3, 0.4) is 0 Å². The second-order valence-electron chi connectivity index (χ2n) is 13.3. The summed E-state index contributed by atoms with van der Waals surface area (Å²) >= 11 is 0.909. The number of rotatable bonds is 24. The van der Waals surface area contributed by atoms with E-state index in [2.05, 4.69) is 39.7 Å². The first-order chi connectivity index (χ1) is 27.3. The van der Waals surface area contributed by atoms with Gasteiger partial charge in [0.25, 0.3) is 0 Å². The van der Waals surface area contributed by atoms with Gasteiger partial charge in [-0.2, -0.15) is 4.31 Å². The molecule has 0 aromatic carbocycles. The van der Waals surface area contributed by atoms with Gasteiger partial charge in [0.2, 0.25) is 17.7 Å². The molecule has 0 radical (unpaired) electrons. The van der Waals surface area contributed by atoms with Gasteiger partial charge in [0.1, 0.15) is 42.0 Å². The van der Waals surface area contributed by atoms with Crippen LogP contribution in [0, 0.1) is 5.41 Å². The maximum absolute atomic E-state index is 12.7. The summed E-state index contributed by atoms with van der Waals surface area (Å²) in [6.07, 6.45) is -7.42. The molecule has 0 aliphatic carbocycles. The van der Waals surface area contributed by atoms with Crippen LogP contribution in [-0.2, 0) is 60.3 Å². The van der Waals surface area contributed by atoms with E-state index in [1.54, 1.807) is 0 Å². The number of nitrogen functional groups attached to an aromatic ring is 1. The zero-order valence-electron chi connectivity index (χ0n) is 31.5. The van der Waals surface area contributed by atoms with Crippen LogP contribution < -0.4 is 21.7 Å². The van der Waals surface area contributed by atoms with Crippen LogP contribution in [0.15, 0.2) is 12.7 Å². The van der Waals surface area contributed by atoms with Gasteiger partial charge in [0.15, 0.2) is 22.8 Å². The number of hydrogen-bond donors (Lipinski definition) is 10. The summed E-state index contributed by atoms with van der Waals surface area (Å²) in [5, 5.41) is 28.4. The maximum Gasteiger partial charge on any atom is 0.481 e. The minimum atomic E-state index is -5.60. The van der Waals surface area contributed by atoms with Crippen molar-refractivity contribution in [3.05, 3.63) is 12.7 Å². The van der Waals surface area contributed by atoms with Crippen molar-refractivity contribution in [2.45, 2.75) is 70.7 Å². The van der Waals surface area contributed by atoms with E-state index in [4.69, 9.17) is 19.5 Å². The van der Waals surface area contributed by atoms with E-state index in [-0.39, 0.29) is 72.5 Å². The number of carbonyl (C=O) groups is 5. The summed E-state index contributed by atoms with van der Waals surface area (Å²) in [7, 11) is -16.5. The number of Topliss-reactive ketones (excluding diaryl/α,β-unsaturated/α-hetero) is 1. The number of ketones is 1. The average molecular weight is 923 g/mol. The lowest BCUT2D eigenvalue weighted by Gasteiger charge is -2.30. The average Bonchev–Trinajstić information content (AvgIpc) is 3.67. The molecule has 0 saturated carbocycles. The van der Waals surface area contributed by atoms with Crippen molar-refractivity contribution in [1.82, 2.24) is 35.5 Å². The lowest BCUT2D eigenvalue weighted by atomic mass is 9.87. The molecule has 4 unspecified atom stereocenters. The van der Waals surface area contributed by atoms with Crippen LogP contribution in [0.5, 0.6) is 0 Å². The van der Waals surface area contributed by atoms with E-state index in [9.17, 15) is 67.5 Å². The number of nitrogens with one attached hydrogen (secondary N) is 3. The summed E-state index contributed by atoms with van der Waals surface area (Å²) in [4.78, 5) is 110. The van der Waals surface area contributed by atoms with E-state index >= 15 is 0 Å². The number of aliphatic hydroxyl groups excluding tert-OH is 2. The maximum atomic E-state index is 12.7. The topological polar surface area (TPSA) is 410 Å². The number of fused-ring (bicyclic) bond motifs is 1. The highest BCUT2D eigenvalue weighted by Gasteiger charge is 2.50. The number of nitrogens with zero attached hydrogens (tertiary/aromatic N) is 4. The Kier molecular flexibility index (Phi) is 18.2. The smallest absolute Gasteiger partial charge is 0.386 e. The van der Waals surface area contributed by atoms with Crippen molar-refractivity contribution in [2.24, 2.45) is 5.41 Å². The lowest BCUT2D eigenvalue weighted by Crippen LogP contribution is -2.46. The summed E-state index contributed by atoms with van der Waals surface area (Å²) in [5.41, 5.74) is 4.19. The van der Waals surface area contributed by atoms with Crippen molar-refractivity contribution < 1.29 is 90.1 Å². The molecule has 1 aliphatic rings. The van der Waals surface area contributed by atoms with Gasteiger partial charge in [-0.3, -0.25) is 42.1 Å². The molecule has 11 N–H and O–H groups in total. The molecule has 3 amide bonds. The summed E-state index contributed by atoms with van der Waals surface area (Å²) in [6.45, 7) is 1.51. The number of nitrogens with two attached hydrogens (primary N) is 1. The SMILES string of the molecule is CC(=O)CC(=O)SCCNC(=O)CCNC(=O)CCNC(=O)C(O)C(C)(C)COP(=O)(O)OP(=O)(O)OC[C@H]1OC(n2cnc3c(N)ncnc32)[C@H](O)[C@@H]1OP(=O)(O)O. The minimum Gasteiger partial charge on any atom is -0.386 e. The van der Waals surface area contributed by atoms with Crippen molar-refractivity contribution in [2.75, 3.05) is 44.3 Å².